The number of phenols is 1. The van der Waals surface area contributed by atoms with Crippen LogP contribution in [-0.4, -0.2) is 16.3 Å². The number of aliphatic hydroxyl groups excluding tert-OH is 1. The number of aliphatic hydroxyl groups is 1. The van der Waals surface area contributed by atoms with E-state index >= 15 is 0 Å². The Hall–Kier alpha value is -1.02. The number of phenolic OH excluding ortho intramolecular Hbond substituents is 1. The molecule has 0 unspecified atom stereocenters. The summed E-state index contributed by atoms with van der Waals surface area (Å²) in [6, 6.07) is 6.02. The van der Waals surface area contributed by atoms with Crippen molar-refractivity contribution in [1.29, 1.82) is 0 Å². The molecule has 0 aromatic heterocycles. The molecule has 1 aromatic rings. The van der Waals surface area contributed by atoms with E-state index in [1.807, 2.05) is 12.1 Å². The predicted octanol–water partition coefficient (Wildman–Crippen LogP) is 4.25. The molecular weight excluding hydrogens is 272 g/mol. The fourth-order valence-electron chi connectivity index (χ4n) is 6.20. The van der Waals surface area contributed by atoms with E-state index in [0.29, 0.717) is 28.9 Å². The molecule has 2 fully saturated rings. The maximum absolute atomic E-state index is 10.3. The third-order valence-electron chi connectivity index (χ3n) is 7.16. The first kappa shape index (κ1) is 14.6. The fourth-order valence-corrected chi connectivity index (χ4v) is 6.20. The molecular formula is C20H28O2. The van der Waals surface area contributed by atoms with Crippen molar-refractivity contribution >= 4 is 0 Å². The number of fused-ring (bicyclic) bond motifs is 5. The molecule has 2 nitrogen and oxygen atoms in total. The van der Waals surface area contributed by atoms with Crippen molar-refractivity contribution in [3.05, 3.63) is 29.3 Å². The van der Waals surface area contributed by atoms with Gasteiger partial charge in [-0.15, -0.1) is 0 Å². The van der Waals surface area contributed by atoms with Gasteiger partial charge < -0.3 is 10.2 Å². The highest BCUT2D eigenvalue weighted by atomic mass is 16.3. The van der Waals surface area contributed by atoms with E-state index in [9.17, 15) is 10.2 Å². The van der Waals surface area contributed by atoms with Crippen LogP contribution in [0, 0.1) is 23.2 Å². The van der Waals surface area contributed by atoms with E-state index in [0.717, 1.165) is 25.2 Å². The second-order valence-electron chi connectivity index (χ2n) is 8.33. The molecule has 0 amide bonds. The maximum atomic E-state index is 10.3. The average molecular weight is 300 g/mol. The van der Waals surface area contributed by atoms with Crippen molar-refractivity contribution in [2.24, 2.45) is 23.2 Å². The minimum absolute atomic E-state index is 0.0903. The normalized spacial score (nSPS) is 43.3. The summed E-state index contributed by atoms with van der Waals surface area (Å²) in [5.41, 5.74) is 3.20. The summed E-state index contributed by atoms with van der Waals surface area (Å²) in [7, 11) is 0. The summed E-state index contributed by atoms with van der Waals surface area (Å²) in [6.45, 7) is 4.73. The van der Waals surface area contributed by atoms with Gasteiger partial charge in [-0.3, -0.25) is 0 Å². The van der Waals surface area contributed by atoms with Crippen molar-refractivity contribution in [3.63, 3.8) is 0 Å². The number of hydrogen-bond donors (Lipinski definition) is 2. The van der Waals surface area contributed by atoms with Crippen LogP contribution in [0.4, 0.5) is 0 Å². The lowest BCUT2D eigenvalue weighted by atomic mass is 9.52. The molecule has 0 spiro atoms. The van der Waals surface area contributed by atoms with E-state index in [1.54, 1.807) is 0 Å². The third-order valence-corrected chi connectivity index (χ3v) is 7.16. The second-order valence-corrected chi connectivity index (χ2v) is 8.33. The minimum Gasteiger partial charge on any atom is -0.508 e. The Morgan fingerprint density at radius 2 is 2.14 bits per heavy atom. The van der Waals surface area contributed by atoms with Gasteiger partial charge in [0.1, 0.15) is 5.75 Å². The topological polar surface area (TPSA) is 40.5 Å². The molecule has 6 atom stereocenters. The SMILES string of the molecule is CC[C@@H]1Cc2cc(O)ccc2[C@H]2CC[C@]3(C)C[C@@H](O)C[C@H]3[C@H]12. The molecule has 2 N–H and O–H groups in total. The Morgan fingerprint density at radius 3 is 2.91 bits per heavy atom. The summed E-state index contributed by atoms with van der Waals surface area (Å²) in [4.78, 5) is 0. The van der Waals surface area contributed by atoms with Crippen LogP contribution in [-0.2, 0) is 6.42 Å². The maximum Gasteiger partial charge on any atom is 0.115 e. The van der Waals surface area contributed by atoms with Crippen LogP contribution in [0.2, 0.25) is 0 Å². The lowest BCUT2D eigenvalue weighted by Crippen LogP contribution is -2.43. The largest absolute Gasteiger partial charge is 0.508 e. The average Bonchev–Trinajstić information content (AvgIpc) is 2.79. The Labute approximate surface area is 133 Å². The van der Waals surface area contributed by atoms with Crippen molar-refractivity contribution in [2.45, 2.75) is 64.4 Å². The van der Waals surface area contributed by atoms with E-state index in [-0.39, 0.29) is 6.10 Å². The summed E-state index contributed by atoms with van der Waals surface area (Å²) >= 11 is 0. The Kier molecular flexibility index (Phi) is 3.30. The summed E-state index contributed by atoms with van der Waals surface area (Å²) in [6.07, 6.45) is 6.71. The fraction of sp³-hybridized carbons (Fsp3) is 0.700. The van der Waals surface area contributed by atoms with Crippen molar-refractivity contribution in [3.8, 4) is 5.75 Å². The monoisotopic (exact) mass is 300 g/mol. The minimum atomic E-state index is -0.0903. The first-order valence-electron chi connectivity index (χ1n) is 9.01. The molecule has 1 aromatic carbocycles. The van der Waals surface area contributed by atoms with Gasteiger partial charge in [-0.1, -0.05) is 26.3 Å². The molecule has 0 aliphatic heterocycles. The van der Waals surface area contributed by atoms with E-state index in [4.69, 9.17) is 0 Å². The molecule has 22 heavy (non-hydrogen) atoms. The van der Waals surface area contributed by atoms with Crippen LogP contribution in [0.5, 0.6) is 5.75 Å². The number of aromatic hydroxyl groups is 1. The van der Waals surface area contributed by atoms with Gasteiger partial charge in [0, 0.05) is 0 Å². The van der Waals surface area contributed by atoms with Crippen LogP contribution in [0.3, 0.4) is 0 Å². The second kappa shape index (κ2) is 4.99. The van der Waals surface area contributed by atoms with Gasteiger partial charge in [0.25, 0.3) is 0 Å². The zero-order valence-electron chi connectivity index (χ0n) is 13.8. The zero-order chi connectivity index (χ0) is 15.5. The Bertz CT molecular complexity index is 581. The highest BCUT2D eigenvalue weighted by molar-refractivity contribution is 5.40. The van der Waals surface area contributed by atoms with E-state index < -0.39 is 0 Å². The molecule has 0 heterocycles. The smallest absolute Gasteiger partial charge is 0.115 e. The van der Waals surface area contributed by atoms with E-state index in [1.165, 1.54) is 30.4 Å². The summed E-state index contributed by atoms with van der Waals surface area (Å²) in [5, 5.41) is 20.1. The zero-order valence-corrected chi connectivity index (χ0v) is 13.8. The Balaban J connectivity index is 1.77. The molecule has 0 bridgehead atoms. The molecule has 0 saturated heterocycles. The third kappa shape index (κ3) is 2.03. The lowest BCUT2D eigenvalue weighted by molar-refractivity contribution is 0.0247. The molecule has 2 saturated carbocycles. The number of benzene rings is 1. The predicted molar refractivity (Wildman–Crippen MR) is 87.9 cm³/mol. The van der Waals surface area contributed by atoms with Crippen LogP contribution >= 0.6 is 0 Å². The number of rotatable bonds is 1. The van der Waals surface area contributed by atoms with Crippen LogP contribution < -0.4 is 0 Å². The van der Waals surface area contributed by atoms with Gasteiger partial charge in [0.05, 0.1) is 6.10 Å². The van der Waals surface area contributed by atoms with Crippen LogP contribution in [0.1, 0.15) is 63.0 Å². The first-order valence-corrected chi connectivity index (χ1v) is 9.01. The molecule has 4 rings (SSSR count). The summed E-state index contributed by atoms with van der Waals surface area (Å²) < 4.78 is 0. The van der Waals surface area contributed by atoms with E-state index in [2.05, 4.69) is 19.9 Å². The Morgan fingerprint density at radius 1 is 1.32 bits per heavy atom. The lowest BCUT2D eigenvalue weighted by Gasteiger charge is -2.52. The van der Waals surface area contributed by atoms with Gasteiger partial charge in [0.2, 0.25) is 0 Å². The van der Waals surface area contributed by atoms with Crippen LogP contribution in [0.15, 0.2) is 18.2 Å². The first-order chi connectivity index (χ1) is 10.5. The van der Waals surface area contributed by atoms with Gasteiger partial charge in [-0.05, 0) is 84.5 Å². The standard InChI is InChI=1S/C20H28O2/c1-3-12-8-13-9-14(21)4-5-16(13)17-6-7-20(2)11-15(22)10-18(20)19(12)17/h4-5,9,12,15,17-19,21-22H,3,6-8,10-11H2,1-2H3/t12-,15+,17-,18+,19-,20-/m1/s1. The van der Waals surface area contributed by atoms with Gasteiger partial charge in [-0.25, -0.2) is 0 Å². The number of hydrogen-bond acceptors (Lipinski definition) is 2. The molecule has 120 valence electrons. The van der Waals surface area contributed by atoms with Gasteiger partial charge >= 0.3 is 0 Å². The van der Waals surface area contributed by atoms with Crippen LogP contribution in [0.25, 0.3) is 0 Å². The van der Waals surface area contributed by atoms with Gasteiger partial charge in [-0.2, -0.15) is 0 Å². The highest BCUT2D eigenvalue weighted by Crippen LogP contribution is 2.62. The summed E-state index contributed by atoms with van der Waals surface area (Å²) in [5.74, 6) is 3.14. The van der Waals surface area contributed by atoms with Gasteiger partial charge in [0.15, 0.2) is 0 Å². The highest BCUT2D eigenvalue weighted by Gasteiger charge is 2.54. The molecule has 2 heteroatoms. The molecule has 0 radical (unpaired) electrons. The quantitative estimate of drug-likeness (QED) is 0.814. The van der Waals surface area contributed by atoms with Crippen molar-refractivity contribution in [2.75, 3.05) is 0 Å². The molecule has 3 aliphatic rings. The van der Waals surface area contributed by atoms with Crippen molar-refractivity contribution < 1.29 is 10.2 Å². The van der Waals surface area contributed by atoms with Crippen molar-refractivity contribution in [1.82, 2.24) is 0 Å². The molecule has 3 aliphatic carbocycles.